The topological polar surface area (TPSA) is 79.5 Å². The number of ether oxygens (including phenoxy) is 1. The van der Waals surface area contributed by atoms with Gasteiger partial charge in [-0.1, -0.05) is 23.3 Å². The van der Waals surface area contributed by atoms with E-state index in [1.165, 1.54) is 0 Å². The lowest BCUT2D eigenvalue weighted by Crippen LogP contribution is -2.41. The van der Waals surface area contributed by atoms with Crippen LogP contribution in [0.2, 0.25) is 0 Å². The van der Waals surface area contributed by atoms with Gasteiger partial charge in [0.25, 0.3) is 0 Å². The predicted molar refractivity (Wildman–Crippen MR) is 92.7 cm³/mol. The number of benzene rings is 1. The second-order valence-electron chi connectivity index (χ2n) is 6.75. The lowest BCUT2D eigenvalue weighted by molar-refractivity contribution is 0.0268. The molecule has 2 aliphatic heterocycles. The molecule has 1 N–H and O–H groups in total. The Balaban J connectivity index is 1.50. The van der Waals surface area contributed by atoms with Gasteiger partial charge < -0.3 is 14.7 Å². The van der Waals surface area contributed by atoms with Gasteiger partial charge in [-0.05, 0) is 28.5 Å². The summed E-state index contributed by atoms with van der Waals surface area (Å²) in [6.07, 6.45) is 0. The largest absolute Gasteiger partial charge is 0.396 e. The molecular formula is C17H24N6O2. The predicted octanol–water partition coefficient (Wildman–Crippen LogP) is 0.0392. The molecule has 2 saturated heterocycles. The fourth-order valence-electron chi connectivity index (χ4n) is 3.75. The summed E-state index contributed by atoms with van der Waals surface area (Å²) in [4.78, 5) is 4.62. The molecule has 1 aromatic heterocycles. The number of para-hydroxylation sites is 1. The third-order valence-electron chi connectivity index (χ3n) is 5.14. The number of hydrogen-bond donors (Lipinski definition) is 1. The molecule has 25 heavy (non-hydrogen) atoms. The summed E-state index contributed by atoms with van der Waals surface area (Å²) in [5.41, 5.74) is 0.944. The lowest BCUT2D eigenvalue weighted by atomic mass is 9.96. The van der Waals surface area contributed by atoms with Crippen LogP contribution in [0.3, 0.4) is 0 Å². The van der Waals surface area contributed by atoms with Gasteiger partial charge in [0.2, 0.25) is 5.95 Å². The first-order valence-electron chi connectivity index (χ1n) is 8.85. The number of nitrogens with zero attached hydrogens (tertiary/aromatic N) is 6. The molecule has 0 radical (unpaired) electrons. The van der Waals surface area contributed by atoms with Crippen molar-refractivity contribution in [1.29, 1.82) is 0 Å². The van der Waals surface area contributed by atoms with Crippen molar-refractivity contribution in [2.75, 3.05) is 57.4 Å². The minimum atomic E-state index is 0.193. The van der Waals surface area contributed by atoms with Crippen LogP contribution in [0.1, 0.15) is 0 Å². The van der Waals surface area contributed by atoms with E-state index in [1.54, 1.807) is 4.68 Å². The summed E-state index contributed by atoms with van der Waals surface area (Å²) in [6.45, 7) is 6.34. The van der Waals surface area contributed by atoms with Gasteiger partial charge in [-0.15, -0.1) is 0 Å². The first-order chi connectivity index (χ1) is 12.3. The highest BCUT2D eigenvalue weighted by atomic mass is 16.5. The monoisotopic (exact) mass is 344 g/mol. The maximum Gasteiger partial charge on any atom is 0.250 e. The number of aliphatic hydroxyl groups is 1. The van der Waals surface area contributed by atoms with Gasteiger partial charge in [-0.3, -0.25) is 4.90 Å². The normalized spacial score (nSPS) is 24.8. The van der Waals surface area contributed by atoms with Crippen molar-refractivity contribution in [2.45, 2.75) is 0 Å². The van der Waals surface area contributed by atoms with Crippen LogP contribution in [0, 0.1) is 11.8 Å². The van der Waals surface area contributed by atoms with E-state index in [0.29, 0.717) is 5.92 Å². The molecule has 0 aliphatic carbocycles. The Labute approximate surface area is 147 Å². The third-order valence-corrected chi connectivity index (χ3v) is 5.14. The zero-order valence-corrected chi connectivity index (χ0v) is 14.2. The molecule has 2 aliphatic rings. The molecule has 8 heteroatoms. The second kappa shape index (κ2) is 7.47. The maximum absolute atomic E-state index is 9.84. The zero-order valence-electron chi connectivity index (χ0n) is 14.2. The Bertz CT molecular complexity index is 673. The van der Waals surface area contributed by atoms with E-state index >= 15 is 0 Å². The van der Waals surface area contributed by atoms with Crippen molar-refractivity contribution in [3.8, 4) is 5.69 Å². The maximum atomic E-state index is 9.84. The van der Waals surface area contributed by atoms with Gasteiger partial charge in [-0.25, -0.2) is 0 Å². The highest BCUT2D eigenvalue weighted by Crippen LogP contribution is 2.28. The van der Waals surface area contributed by atoms with Crippen molar-refractivity contribution in [3.63, 3.8) is 0 Å². The molecule has 2 atom stereocenters. The average Bonchev–Trinajstić information content (AvgIpc) is 3.30. The molecule has 0 bridgehead atoms. The first-order valence-corrected chi connectivity index (χ1v) is 8.85. The summed E-state index contributed by atoms with van der Waals surface area (Å²) in [6, 6.07) is 9.91. The lowest BCUT2D eigenvalue weighted by Gasteiger charge is -2.30. The fraction of sp³-hybridized carbons (Fsp3) is 0.588. The molecule has 134 valence electrons. The SMILES string of the molecule is OC[C@@H]1CN(c2nnnn2-c2ccccc2)C[C@@H]1CN1CCOCC1. The van der Waals surface area contributed by atoms with Crippen LogP contribution in [0.15, 0.2) is 30.3 Å². The Morgan fingerprint density at radius 1 is 1.08 bits per heavy atom. The summed E-state index contributed by atoms with van der Waals surface area (Å²) < 4.78 is 7.20. The Morgan fingerprint density at radius 3 is 2.60 bits per heavy atom. The third kappa shape index (κ3) is 3.51. The van der Waals surface area contributed by atoms with Crippen LogP contribution in [0.4, 0.5) is 5.95 Å². The highest BCUT2D eigenvalue weighted by molar-refractivity contribution is 5.41. The van der Waals surface area contributed by atoms with Crippen molar-refractivity contribution in [1.82, 2.24) is 25.1 Å². The first kappa shape index (κ1) is 16.4. The van der Waals surface area contributed by atoms with Gasteiger partial charge in [0.15, 0.2) is 0 Å². The Hall–Kier alpha value is -2.03. The Morgan fingerprint density at radius 2 is 1.84 bits per heavy atom. The molecular weight excluding hydrogens is 320 g/mol. The molecule has 0 saturated carbocycles. The molecule has 8 nitrogen and oxygen atoms in total. The summed E-state index contributed by atoms with van der Waals surface area (Å²) in [5, 5.41) is 22.1. The number of aliphatic hydroxyl groups excluding tert-OH is 1. The van der Waals surface area contributed by atoms with Gasteiger partial charge in [0, 0.05) is 45.2 Å². The molecule has 0 spiro atoms. The summed E-state index contributed by atoms with van der Waals surface area (Å²) in [5.74, 6) is 1.39. The zero-order chi connectivity index (χ0) is 17.1. The molecule has 4 rings (SSSR count). The van der Waals surface area contributed by atoms with E-state index in [0.717, 1.165) is 57.6 Å². The van der Waals surface area contributed by atoms with E-state index in [9.17, 15) is 5.11 Å². The van der Waals surface area contributed by atoms with E-state index in [-0.39, 0.29) is 12.5 Å². The van der Waals surface area contributed by atoms with Crippen molar-refractivity contribution in [2.24, 2.45) is 11.8 Å². The van der Waals surface area contributed by atoms with Crippen LogP contribution >= 0.6 is 0 Å². The van der Waals surface area contributed by atoms with Crippen molar-refractivity contribution in [3.05, 3.63) is 30.3 Å². The number of morpholine rings is 1. The summed E-state index contributed by atoms with van der Waals surface area (Å²) in [7, 11) is 0. The van der Waals surface area contributed by atoms with Gasteiger partial charge in [0.1, 0.15) is 0 Å². The number of hydrogen-bond acceptors (Lipinski definition) is 7. The van der Waals surface area contributed by atoms with E-state index in [1.807, 2.05) is 30.3 Å². The minimum Gasteiger partial charge on any atom is -0.396 e. The smallest absolute Gasteiger partial charge is 0.250 e. The number of anilines is 1. The van der Waals surface area contributed by atoms with Gasteiger partial charge in [-0.2, -0.15) is 4.68 Å². The van der Waals surface area contributed by atoms with Crippen LogP contribution in [-0.4, -0.2) is 82.8 Å². The van der Waals surface area contributed by atoms with E-state index < -0.39 is 0 Å². The minimum absolute atomic E-state index is 0.193. The number of tetrazole rings is 1. The second-order valence-corrected chi connectivity index (χ2v) is 6.75. The molecule has 0 unspecified atom stereocenters. The van der Waals surface area contributed by atoms with Crippen LogP contribution < -0.4 is 4.90 Å². The van der Waals surface area contributed by atoms with Crippen molar-refractivity contribution < 1.29 is 9.84 Å². The number of rotatable bonds is 5. The average molecular weight is 344 g/mol. The summed E-state index contributed by atoms with van der Waals surface area (Å²) >= 11 is 0. The van der Waals surface area contributed by atoms with Crippen LogP contribution in [-0.2, 0) is 4.74 Å². The molecule has 3 heterocycles. The molecule has 1 aromatic carbocycles. The quantitative estimate of drug-likeness (QED) is 0.820. The van der Waals surface area contributed by atoms with E-state index in [2.05, 4.69) is 25.3 Å². The molecule has 2 aromatic rings. The van der Waals surface area contributed by atoms with E-state index in [4.69, 9.17) is 4.74 Å². The van der Waals surface area contributed by atoms with Gasteiger partial charge in [0.05, 0.1) is 18.9 Å². The fourth-order valence-corrected chi connectivity index (χ4v) is 3.75. The Kier molecular flexibility index (Phi) is 4.91. The molecule has 2 fully saturated rings. The van der Waals surface area contributed by atoms with Gasteiger partial charge >= 0.3 is 0 Å². The standard InChI is InChI=1S/C17H24N6O2/c24-13-15-12-22(11-14(15)10-21-6-8-25-9-7-21)17-18-19-20-23(17)16-4-2-1-3-5-16/h1-5,14-15,24H,6-13H2/t14-,15-/m0/s1. The van der Waals surface area contributed by atoms with Crippen molar-refractivity contribution >= 4 is 5.95 Å². The highest BCUT2D eigenvalue weighted by Gasteiger charge is 2.36. The molecule has 0 amide bonds. The van der Waals surface area contributed by atoms with Crippen LogP contribution in [0.5, 0.6) is 0 Å². The number of aromatic nitrogens is 4. The van der Waals surface area contributed by atoms with Crippen LogP contribution in [0.25, 0.3) is 5.69 Å².